The first-order valence-electron chi connectivity index (χ1n) is 6.68. The monoisotopic (exact) mass is 380 g/mol. The van der Waals surface area contributed by atoms with Crippen LogP contribution >= 0.6 is 12.4 Å². The summed E-state index contributed by atoms with van der Waals surface area (Å²) in [6.07, 6.45) is 0. The zero-order valence-corrected chi connectivity index (χ0v) is 15.5. The fourth-order valence-electron chi connectivity index (χ4n) is 1.75. The van der Waals surface area contributed by atoms with Crippen LogP contribution in [0.5, 0.6) is 0 Å². The summed E-state index contributed by atoms with van der Waals surface area (Å²) in [5.41, 5.74) is -0.134. The molecule has 0 aliphatic heterocycles. The Labute approximate surface area is 147 Å². The highest BCUT2D eigenvalue weighted by atomic mass is 35.5. The number of hydrogen-bond donors (Lipinski definition) is 1. The molecule has 0 radical (unpaired) electrons. The van der Waals surface area contributed by atoms with E-state index in [0.29, 0.717) is 6.54 Å². The Morgan fingerprint density at radius 1 is 1.12 bits per heavy atom. The summed E-state index contributed by atoms with van der Waals surface area (Å²) >= 11 is 0. The first-order chi connectivity index (χ1) is 10.7. The van der Waals surface area contributed by atoms with Crippen molar-refractivity contribution in [1.29, 1.82) is 0 Å². The molecule has 24 heavy (non-hydrogen) atoms. The average molecular weight is 381 g/mol. The van der Waals surface area contributed by atoms with Gasteiger partial charge in [-0.05, 0) is 32.3 Å². The molecule has 1 aromatic carbocycles. The van der Waals surface area contributed by atoms with E-state index in [4.69, 9.17) is 0 Å². The maximum absolute atomic E-state index is 12.4. The molecule has 0 unspecified atom stereocenters. The van der Waals surface area contributed by atoms with E-state index in [1.54, 1.807) is 19.0 Å². The Morgan fingerprint density at radius 3 is 2.21 bits per heavy atom. The van der Waals surface area contributed by atoms with E-state index in [9.17, 15) is 18.0 Å². The van der Waals surface area contributed by atoms with Gasteiger partial charge in [-0.3, -0.25) is 0 Å². The predicted octanol–water partition coefficient (Wildman–Crippen LogP) is 0.522. The Bertz CT molecular complexity index is 691. The van der Waals surface area contributed by atoms with Crippen LogP contribution in [0.1, 0.15) is 20.7 Å². The van der Waals surface area contributed by atoms with Gasteiger partial charge in [0.05, 0.1) is 30.2 Å². The smallest absolute Gasteiger partial charge is 0.339 e. The van der Waals surface area contributed by atoms with E-state index in [1.807, 2.05) is 0 Å². The van der Waals surface area contributed by atoms with E-state index in [1.165, 1.54) is 19.2 Å². The number of rotatable bonds is 7. The molecule has 10 heteroatoms. The summed E-state index contributed by atoms with van der Waals surface area (Å²) in [7, 11) is 1.93. The summed E-state index contributed by atoms with van der Waals surface area (Å²) in [5.74, 6) is -1.51. The van der Waals surface area contributed by atoms with Crippen LogP contribution in [0.15, 0.2) is 23.1 Å². The fraction of sp³-hybridized carbons (Fsp3) is 0.429. The Hall–Kier alpha value is -1.68. The van der Waals surface area contributed by atoms with Crippen molar-refractivity contribution in [3.05, 3.63) is 29.3 Å². The Balaban J connectivity index is 0.00000529. The van der Waals surface area contributed by atoms with Crippen LogP contribution in [0.4, 0.5) is 0 Å². The molecule has 0 atom stereocenters. The molecule has 0 amide bonds. The number of likely N-dealkylation sites (N-methyl/N-ethyl adjacent to an activating group) is 1. The lowest BCUT2D eigenvalue weighted by Crippen LogP contribution is -2.32. The number of benzene rings is 1. The third-order valence-corrected chi connectivity index (χ3v) is 4.45. The fourth-order valence-corrected chi connectivity index (χ4v) is 2.99. The number of sulfonamides is 1. The minimum absolute atomic E-state index is 0. The summed E-state index contributed by atoms with van der Waals surface area (Å²) < 4.78 is 36.4. The molecular weight excluding hydrogens is 360 g/mol. The van der Waals surface area contributed by atoms with Crippen molar-refractivity contribution in [2.45, 2.75) is 4.90 Å². The second-order valence-electron chi connectivity index (χ2n) is 4.90. The third kappa shape index (κ3) is 5.75. The van der Waals surface area contributed by atoms with Crippen molar-refractivity contribution in [3.63, 3.8) is 0 Å². The molecule has 1 N–H and O–H groups in total. The highest BCUT2D eigenvalue weighted by Gasteiger charge is 2.24. The molecule has 136 valence electrons. The lowest BCUT2D eigenvalue weighted by atomic mass is 10.1. The summed E-state index contributed by atoms with van der Waals surface area (Å²) in [6.45, 7) is 0.627. The van der Waals surface area contributed by atoms with Crippen LogP contribution in [0, 0.1) is 0 Å². The molecule has 0 saturated heterocycles. The summed E-state index contributed by atoms with van der Waals surface area (Å²) in [5, 5.41) is 0. The molecule has 1 aromatic rings. The molecule has 0 spiro atoms. The number of carbonyl (C=O) groups is 2. The van der Waals surface area contributed by atoms with Crippen molar-refractivity contribution in [1.82, 2.24) is 9.62 Å². The molecule has 1 rings (SSSR count). The van der Waals surface area contributed by atoms with Gasteiger partial charge in [-0.2, -0.15) is 0 Å². The van der Waals surface area contributed by atoms with Crippen LogP contribution in [-0.4, -0.2) is 66.7 Å². The molecule has 0 aromatic heterocycles. The molecule has 0 saturated carbocycles. The van der Waals surface area contributed by atoms with Crippen molar-refractivity contribution in [3.8, 4) is 0 Å². The predicted molar refractivity (Wildman–Crippen MR) is 90.1 cm³/mol. The zero-order valence-electron chi connectivity index (χ0n) is 13.9. The lowest BCUT2D eigenvalue weighted by Gasteiger charge is -2.13. The largest absolute Gasteiger partial charge is 0.465 e. The van der Waals surface area contributed by atoms with E-state index in [2.05, 4.69) is 14.2 Å². The molecule has 0 bridgehead atoms. The second kappa shape index (κ2) is 9.58. The molecule has 0 fully saturated rings. The normalized spacial score (nSPS) is 10.9. The van der Waals surface area contributed by atoms with Gasteiger partial charge in [-0.15, -0.1) is 12.4 Å². The van der Waals surface area contributed by atoms with E-state index in [-0.39, 0.29) is 35.0 Å². The third-order valence-electron chi connectivity index (χ3n) is 2.95. The lowest BCUT2D eigenvalue weighted by molar-refractivity contribution is 0.0583. The highest BCUT2D eigenvalue weighted by Crippen LogP contribution is 2.19. The Morgan fingerprint density at radius 2 is 1.71 bits per heavy atom. The minimum atomic E-state index is -3.99. The molecule has 8 nitrogen and oxygen atoms in total. The number of halogens is 1. The number of hydrogen-bond acceptors (Lipinski definition) is 7. The molecule has 0 aliphatic rings. The highest BCUT2D eigenvalue weighted by molar-refractivity contribution is 7.89. The number of methoxy groups -OCH3 is 2. The van der Waals surface area contributed by atoms with Gasteiger partial charge in [-0.25, -0.2) is 22.7 Å². The Kier molecular flexibility index (Phi) is 8.91. The quantitative estimate of drug-likeness (QED) is 0.688. The number of esters is 2. The van der Waals surface area contributed by atoms with E-state index >= 15 is 0 Å². The van der Waals surface area contributed by atoms with Gasteiger partial charge in [0.25, 0.3) is 0 Å². The van der Waals surface area contributed by atoms with Crippen molar-refractivity contribution in [2.75, 3.05) is 41.4 Å². The maximum atomic E-state index is 12.4. The van der Waals surface area contributed by atoms with Crippen LogP contribution < -0.4 is 4.72 Å². The van der Waals surface area contributed by atoms with Crippen LogP contribution in [0.25, 0.3) is 0 Å². The number of nitrogens with zero attached hydrogens (tertiary/aromatic N) is 1. The molecule has 0 aliphatic carbocycles. The first-order valence-corrected chi connectivity index (χ1v) is 8.16. The molecule has 0 heterocycles. The van der Waals surface area contributed by atoms with Crippen molar-refractivity contribution in [2.24, 2.45) is 0 Å². The van der Waals surface area contributed by atoms with Gasteiger partial charge in [0.2, 0.25) is 10.0 Å². The van der Waals surface area contributed by atoms with E-state index < -0.39 is 22.0 Å². The van der Waals surface area contributed by atoms with Crippen molar-refractivity contribution >= 4 is 34.4 Å². The maximum Gasteiger partial charge on any atom is 0.339 e. The zero-order chi connectivity index (χ0) is 17.6. The van der Waals surface area contributed by atoms with Gasteiger partial charge in [0.15, 0.2) is 0 Å². The van der Waals surface area contributed by atoms with Crippen molar-refractivity contribution < 1.29 is 27.5 Å². The minimum Gasteiger partial charge on any atom is -0.465 e. The number of carbonyl (C=O) groups excluding carboxylic acids is 2. The number of ether oxygens (including phenoxy) is 2. The van der Waals surface area contributed by atoms with Crippen LogP contribution in [0.3, 0.4) is 0 Å². The second-order valence-corrected chi connectivity index (χ2v) is 6.63. The van der Waals surface area contributed by atoms with Crippen LogP contribution in [0.2, 0.25) is 0 Å². The van der Waals surface area contributed by atoms with Crippen LogP contribution in [-0.2, 0) is 19.5 Å². The number of nitrogens with one attached hydrogen (secondary N) is 1. The standard InChI is InChI=1S/C14H20N2O6S.ClH/c1-16(2)8-7-15-23(19,20)12-9-10(13(17)21-3)5-6-11(12)14(18)22-4;/h5-6,9,15H,7-8H2,1-4H3;1H. The molecular formula is C14H21ClN2O6S. The van der Waals surface area contributed by atoms with Gasteiger partial charge >= 0.3 is 11.9 Å². The SMILES string of the molecule is COC(=O)c1ccc(C(=O)OC)c(S(=O)(=O)NCCN(C)C)c1.Cl. The van der Waals surface area contributed by atoms with Gasteiger partial charge < -0.3 is 14.4 Å². The van der Waals surface area contributed by atoms with Gasteiger partial charge in [-0.1, -0.05) is 0 Å². The summed E-state index contributed by atoms with van der Waals surface area (Å²) in [4.78, 5) is 24.8. The first kappa shape index (κ1) is 22.3. The topological polar surface area (TPSA) is 102 Å². The van der Waals surface area contributed by atoms with E-state index in [0.717, 1.165) is 13.2 Å². The average Bonchev–Trinajstić information content (AvgIpc) is 2.52. The van der Waals surface area contributed by atoms with Gasteiger partial charge in [0, 0.05) is 13.1 Å². The van der Waals surface area contributed by atoms with Gasteiger partial charge in [0.1, 0.15) is 0 Å². The summed E-state index contributed by atoms with van der Waals surface area (Å²) in [6, 6.07) is 3.62.